The number of carbonyl (C=O) groups is 1. The average molecular weight is 434 g/mol. The van der Waals surface area contributed by atoms with E-state index in [0.717, 1.165) is 29.9 Å². The Labute approximate surface area is 180 Å². The summed E-state index contributed by atoms with van der Waals surface area (Å²) >= 11 is 6.17. The lowest BCUT2D eigenvalue weighted by Crippen LogP contribution is -2.34. The van der Waals surface area contributed by atoms with Gasteiger partial charge in [-0.3, -0.25) is 4.79 Å². The SMILES string of the molecule is CCCn1c(CN(CCC(C)C)C(=O)c2cccc(F)c2F)nc2ccc(Cl)cc21. The highest BCUT2D eigenvalue weighted by molar-refractivity contribution is 6.31. The Morgan fingerprint density at radius 3 is 2.70 bits per heavy atom. The molecule has 0 atom stereocenters. The van der Waals surface area contributed by atoms with Gasteiger partial charge >= 0.3 is 0 Å². The van der Waals surface area contributed by atoms with Crippen molar-refractivity contribution in [1.82, 2.24) is 14.5 Å². The number of fused-ring (bicyclic) bond motifs is 1. The van der Waals surface area contributed by atoms with Crippen LogP contribution in [-0.4, -0.2) is 26.9 Å². The Hall–Kier alpha value is -2.47. The monoisotopic (exact) mass is 433 g/mol. The van der Waals surface area contributed by atoms with E-state index in [0.29, 0.717) is 29.9 Å². The van der Waals surface area contributed by atoms with E-state index in [9.17, 15) is 13.6 Å². The molecule has 0 saturated carbocycles. The van der Waals surface area contributed by atoms with Gasteiger partial charge in [0.1, 0.15) is 5.82 Å². The minimum Gasteiger partial charge on any atom is -0.331 e. The molecular formula is C23H26ClF2N3O. The maximum Gasteiger partial charge on any atom is 0.257 e. The van der Waals surface area contributed by atoms with E-state index in [2.05, 4.69) is 20.8 Å². The van der Waals surface area contributed by atoms with Crippen molar-refractivity contribution in [3.05, 3.63) is 64.4 Å². The number of amides is 1. The molecule has 1 amide bonds. The molecule has 0 spiro atoms. The molecule has 0 aliphatic carbocycles. The summed E-state index contributed by atoms with van der Waals surface area (Å²) in [6, 6.07) is 9.16. The van der Waals surface area contributed by atoms with Gasteiger partial charge in [0.2, 0.25) is 0 Å². The number of halogens is 3. The number of rotatable bonds is 8. The highest BCUT2D eigenvalue weighted by Crippen LogP contribution is 2.23. The lowest BCUT2D eigenvalue weighted by Gasteiger charge is -2.24. The van der Waals surface area contributed by atoms with Crippen LogP contribution in [0.3, 0.4) is 0 Å². The Morgan fingerprint density at radius 1 is 1.23 bits per heavy atom. The van der Waals surface area contributed by atoms with Crippen molar-refractivity contribution in [2.24, 2.45) is 5.92 Å². The molecule has 3 rings (SSSR count). The molecule has 0 aliphatic heterocycles. The van der Waals surface area contributed by atoms with Gasteiger partial charge < -0.3 is 9.47 Å². The van der Waals surface area contributed by atoms with Crippen molar-refractivity contribution in [2.75, 3.05) is 6.54 Å². The van der Waals surface area contributed by atoms with Crippen LogP contribution >= 0.6 is 11.6 Å². The summed E-state index contributed by atoms with van der Waals surface area (Å²) < 4.78 is 30.1. The van der Waals surface area contributed by atoms with Crippen LogP contribution in [0.4, 0.5) is 8.78 Å². The number of aryl methyl sites for hydroxylation is 1. The van der Waals surface area contributed by atoms with E-state index in [4.69, 9.17) is 16.6 Å². The van der Waals surface area contributed by atoms with Crippen LogP contribution < -0.4 is 0 Å². The van der Waals surface area contributed by atoms with Crippen LogP contribution in [0.25, 0.3) is 11.0 Å². The lowest BCUT2D eigenvalue weighted by molar-refractivity contribution is 0.0723. The van der Waals surface area contributed by atoms with Crippen molar-refractivity contribution in [1.29, 1.82) is 0 Å². The van der Waals surface area contributed by atoms with Gasteiger partial charge in [0.25, 0.3) is 5.91 Å². The van der Waals surface area contributed by atoms with Crippen LogP contribution in [0.2, 0.25) is 5.02 Å². The first-order valence-electron chi connectivity index (χ1n) is 10.2. The van der Waals surface area contributed by atoms with Crippen LogP contribution in [-0.2, 0) is 13.1 Å². The quantitative estimate of drug-likeness (QED) is 0.432. The molecule has 7 heteroatoms. The predicted octanol–water partition coefficient (Wildman–Crippen LogP) is 6.07. The number of nitrogens with zero attached hydrogens (tertiary/aromatic N) is 3. The van der Waals surface area contributed by atoms with Gasteiger partial charge in [0.05, 0.1) is 23.1 Å². The zero-order valence-electron chi connectivity index (χ0n) is 17.5. The first kappa shape index (κ1) is 22.2. The van der Waals surface area contributed by atoms with Gasteiger partial charge in [-0.1, -0.05) is 38.4 Å². The van der Waals surface area contributed by atoms with Gasteiger partial charge in [-0.05, 0) is 49.1 Å². The number of hydrogen-bond acceptors (Lipinski definition) is 2. The largest absolute Gasteiger partial charge is 0.331 e. The normalized spacial score (nSPS) is 11.4. The highest BCUT2D eigenvalue weighted by Gasteiger charge is 2.24. The molecule has 0 bridgehead atoms. The predicted molar refractivity (Wildman–Crippen MR) is 116 cm³/mol. The molecular weight excluding hydrogens is 408 g/mol. The van der Waals surface area contributed by atoms with Gasteiger partial charge in [0.15, 0.2) is 11.6 Å². The number of imidazole rings is 1. The summed E-state index contributed by atoms with van der Waals surface area (Å²) in [5, 5.41) is 0.612. The number of benzene rings is 2. The molecule has 4 nitrogen and oxygen atoms in total. The standard InChI is InChI=1S/C23H26ClF2N3O/c1-4-11-29-20-13-16(24)8-9-19(20)27-21(29)14-28(12-10-15(2)3)23(30)17-6-5-7-18(25)22(17)26/h5-9,13,15H,4,10-12,14H2,1-3H3. The number of aromatic nitrogens is 2. The fraction of sp³-hybridized carbons (Fsp3) is 0.391. The zero-order chi connectivity index (χ0) is 21.8. The van der Waals surface area contributed by atoms with Crippen molar-refractivity contribution < 1.29 is 13.6 Å². The minimum absolute atomic E-state index is 0.202. The van der Waals surface area contributed by atoms with Crippen molar-refractivity contribution in [3.63, 3.8) is 0 Å². The van der Waals surface area contributed by atoms with Crippen LogP contribution in [0.5, 0.6) is 0 Å². The number of carbonyl (C=O) groups excluding carboxylic acids is 1. The van der Waals surface area contributed by atoms with Crippen LogP contribution in [0, 0.1) is 17.6 Å². The Kier molecular flexibility index (Phi) is 7.08. The van der Waals surface area contributed by atoms with Gasteiger partial charge in [-0.15, -0.1) is 0 Å². The van der Waals surface area contributed by atoms with Gasteiger partial charge in [-0.25, -0.2) is 13.8 Å². The summed E-state index contributed by atoms with van der Waals surface area (Å²) in [6.45, 7) is 7.51. The lowest BCUT2D eigenvalue weighted by atomic mass is 10.1. The third-order valence-electron chi connectivity index (χ3n) is 5.01. The highest BCUT2D eigenvalue weighted by atomic mass is 35.5. The molecule has 0 radical (unpaired) electrons. The molecule has 160 valence electrons. The van der Waals surface area contributed by atoms with Crippen molar-refractivity contribution in [3.8, 4) is 0 Å². The number of hydrogen-bond donors (Lipinski definition) is 0. The Morgan fingerprint density at radius 2 is 2.00 bits per heavy atom. The third kappa shape index (κ3) is 4.81. The van der Waals surface area contributed by atoms with E-state index in [1.165, 1.54) is 12.1 Å². The summed E-state index contributed by atoms with van der Waals surface area (Å²) in [7, 11) is 0. The average Bonchev–Trinajstić information content (AvgIpc) is 3.03. The molecule has 30 heavy (non-hydrogen) atoms. The summed E-state index contributed by atoms with van der Waals surface area (Å²) in [4.78, 5) is 19.4. The van der Waals surface area contributed by atoms with E-state index < -0.39 is 17.5 Å². The van der Waals surface area contributed by atoms with Gasteiger partial charge in [0, 0.05) is 18.1 Å². The van der Waals surface area contributed by atoms with Crippen LogP contribution in [0.1, 0.15) is 49.8 Å². The Bertz CT molecular complexity index is 1050. The zero-order valence-corrected chi connectivity index (χ0v) is 18.2. The summed E-state index contributed by atoms with van der Waals surface area (Å²) in [5.41, 5.74) is 1.42. The second kappa shape index (κ2) is 9.56. The van der Waals surface area contributed by atoms with E-state index in [1.807, 2.05) is 16.7 Å². The van der Waals surface area contributed by atoms with Crippen LogP contribution in [0.15, 0.2) is 36.4 Å². The second-order valence-corrected chi connectivity index (χ2v) is 8.26. The molecule has 0 N–H and O–H groups in total. The minimum atomic E-state index is -1.12. The molecule has 0 fully saturated rings. The first-order valence-corrected chi connectivity index (χ1v) is 10.6. The second-order valence-electron chi connectivity index (χ2n) is 7.82. The van der Waals surface area contributed by atoms with E-state index in [1.54, 1.807) is 11.0 Å². The summed E-state index contributed by atoms with van der Waals surface area (Å²) in [6.07, 6.45) is 1.62. The summed E-state index contributed by atoms with van der Waals surface area (Å²) in [5.74, 6) is -1.64. The molecule has 0 saturated heterocycles. The maximum atomic E-state index is 14.3. The fourth-order valence-electron chi connectivity index (χ4n) is 3.42. The van der Waals surface area contributed by atoms with E-state index >= 15 is 0 Å². The first-order chi connectivity index (χ1) is 14.3. The fourth-order valence-corrected chi connectivity index (χ4v) is 3.58. The van der Waals surface area contributed by atoms with E-state index in [-0.39, 0.29) is 12.1 Å². The maximum absolute atomic E-state index is 14.3. The van der Waals surface area contributed by atoms with Crippen molar-refractivity contribution >= 4 is 28.5 Å². The molecule has 1 aromatic heterocycles. The third-order valence-corrected chi connectivity index (χ3v) is 5.25. The van der Waals surface area contributed by atoms with Gasteiger partial charge in [-0.2, -0.15) is 0 Å². The molecule has 3 aromatic rings. The Balaban J connectivity index is 2.00. The molecule has 0 aliphatic rings. The molecule has 0 unspecified atom stereocenters. The molecule has 2 aromatic carbocycles. The smallest absolute Gasteiger partial charge is 0.257 e. The molecule has 1 heterocycles. The van der Waals surface area contributed by atoms with Crippen molar-refractivity contribution in [2.45, 2.75) is 46.7 Å². The topological polar surface area (TPSA) is 38.1 Å².